The van der Waals surface area contributed by atoms with Gasteiger partial charge in [0.15, 0.2) is 0 Å². The molecule has 0 spiro atoms. The largest absolute Gasteiger partial charge is 0.321 e. The van der Waals surface area contributed by atoms with Crippen molar-refractivity contribution in [1.29, 1.82) is 5.26 Å². The first-order valence-electron chi connectivity index (χ1n) is 5.81. The molecule has 0 aromatic heterocycles. The van der Waals surface area contributed by atoms with Crippen LogP contribution < -0.4 is 0 Å². The zero-order valence-corrected chi connectivity index (χ0v) is 13.5. The molecule has 0 aliphatic rings. The monoisotopic (exact) mass is 324 g/mol. The van der Waals surface area contributed by atoms with Gasteiger partial charge in [-0.05, 0) is 27.7 Å². The normalized spacial score (nSPS) is 13.4. The van der Waals surface area contributed by atoms with Crippen LogP contribution in [0.2, 0.25) is 0 Å². The van der Waals surface area contributed by atoms with Crippen LogP contribution in [0.4, 0.5) is 0 Å². The Morgan fingerprint density at radius 2 is 1.71 bits per heavy atom. The highest BCUT2D eigenvalue weighted by molar-refractivity contribution is 9.09. The van der Waals surface area contributed by atoms with E-state index in [-0.39, 0.29) is 0 Å². The van der Waals surface area contributed by atoms with Gasteiger partial charge in [0.1, 0.15) is 0 Å². The minimum atomic E-state index is -1.07. The van der Waals surface area contributed by atoms with Gasteiger partial charge in [-0.1, -0.05) is 15.9 Å². The second-order valence-electron chi connectivity index (χ2n) is 4.07. The molecule has 6 heteroatoms. The van der Waals surface area contributed by atoms with Gasteiger partial charge in [-0.2, -0.15) is 5.26 Å². The van der Waals surface area contributed by atoms with Gasteiger partial charge in [-0.15, -0.1) is 0 Å². The van der Waals surface area contributed by atoms with E-state index < -0.39 is 8.53 Å². The predicted molar refractivity (Wildman–Crippen MR) is 75.0 cm³/mol. The molecule has 0 saturated heterocycles. The first-order valence-corrected chi connectivity index (χ1v) is 8.06. The minimum absolute atomic E-state index is 0.360. The van der Waals surface area contributed by atoms with E-state index in [0.717, 1.165) is 5.33 Å². The maximum absolute atomic E-state index is 8.53. The Balaban J connectivity index is 4.44. The molecule has 0 bridgehead atoms. The topological polar surface area (TPSA) is 45.5 Å². The van der Waals surface area contributed by atoms with Crippen molar-refractivity contribution in [2.24, 2.45) is 0 Å². The fourth-order valence-electron chi connectivity index (χ4n) is 1.43. The van der Waals surface area contributed by atoms with Crippen LogP contribution in [0.25, 0.3) is 0 Å². The highest BCUT2D eigenvalue weighted by Gasteiger charge is 2.26. The Labute approximate surface area is 114 Å². The van der Waals surface area contributed by atoms with Crippen LogP contribution >= 0.6 is 24.5 Å². The van der Waals surface area contributed by atoms with Crippen LogP contribution in [0.3, 0.4) is 0 Å². The summed E-state index contributed by atoms with van der Waals surface area (Å²) in [5.41, 5.74) is 0. The number of halogens is 1. The molecule has 0 N–H and O–H groups in total. The fourth-order valence-corrected chi connectivity index (χ4v) is 3.43. The van der Waals surface area contributed by atoms with Crippen LogP contribution in [0.15, 0.2) is 0 Å². The van der Waals surface area contributed by atoms with Gasteiger partial charge < -0.3 is 9.05 Å². The summed E-state index contributed by atoms with van der Waals surface area (Å²) in [7, 11) is -1.07. The molecular weight excluding hydrogens is 303 g/mol. The summed E-state index contributed by atoms with van der Waals surface area (Å²) < 4.78 is 13.6. The van der Waals surface area contributed by atoms with Crippen LogP contribution in [0.5, 0.6) is 0 Å². The van der Waals surface area contributed by atoms with E-state index in [1.807, 2.05) is 0 Å². The zero-order valence-electron chi connectivity index (χ0n) is 11.0. The maximum Gasteiger partial charge on any atom is 0.259 e. The third-order valence-corrected chi connectivity index (χ3v) is 4.37. The summed E-state index contributed by atoms with van der Waals surface area (Å²) >= 11 is 3.34. The van der Waals surface area contributed by atoms with Crippen molar-refractivity contribution >= 4 is 24.5 Å². The van der Waals surface area contributed by atoms with Gasteiger partial charge in [0.05, 0.1) is 25.7 Å². The Bertz CT molecular complexity index is 226. The molecule has 0 radical (unpaired) electrons. The lowest BCUT2D eigenvalue weighted by Crippen LogP contribution is -2.33. The molecule has 0 heterocycles. The zero-order chi connectivity index (χ0) is 13.3. The Morgan fingerprint density at radius 3 is 2.12 bits per heavy atom. The predicted octanol–water partition coefficient (Wildman–Crippen LogP) is 3.67. The second kappa shape index (κ2) is 10.2. The minimum Gasteiger partial charge on any atom is -0.321 e. The first-order chi connectivity index (χ1) is 8.04. The third-order valence-electron chi connectivity index (χ3n) is 1.94. The summed E-state index contributed by atoms with van der Waals surface area (Å²) in [5, 5.41) is 9.32. The number of hydrogen-bond acceptors (Lipinski definition) is 4. The summed E-state index contributed by atoms with van der Waals surface area (Å²) in [4.78, 5) is 0. The first kappa shape index (κ1) is 17.3. The highest BCUT2D eigenvalue weighted by atomic mass is 79.9. The third kappa shape index (κ3) is 7.33. The van der Waals surface area contributed by atoms with E-state index in [1.165, 1.54) is 0 Å². The molecule has 1 unspecified atom stereocenters. The molecule has 0 aliphatic heterocycles. The molecule has 0 fully saturated rings. The number of rotatable bonds is 9. The summed E-state index contributed by atoms with van der Waals surface area (Å²) in [6, 6.07) is 2.80. The molecule has 100 valence electrons. The smallest absolute Gasteiger partial charge is 0.259 e. The van der Waals surface area contributed by atoms with E-state index in [9.17, 15) is 0 Å². The van der Waals surface area contributed by atoms with Gasteiger partial charge in [-0.3, -0.25) is 0 Å². The van der Waals surface area contributed by atoms with Crippen molar-refractivity contribution in [2.45, 2.75) is 46.2 Å². The SMILES string of the molecule is CC(C)N(C(C)C)P(OCCBr)OCCC#N. The number of hydrogen-bond donors (Lipinski definition) is 0. The molecule has 0 amide bonds. The summed E-state index contributed by atoms with van der Waals surface area (Å²) in [6.45, 7) is 9.55. The summed E-state index contributed by atoms with van der Waals surface area (Å²) in [6.07, 6.45) is 0.403. The van der Waals surface area contributed by atoms with E-state index in [0.29, 0.717) is 31.7 Å². The van der Waals surface area contributed by atoms with Crippen molar-refractivity contribution < 1.29 is 9.05 Å². The quantitative estimate of drug-likeness (QED) is 0.369. The number of nitrogens with zero attached hydrogens (tertiary/aromatic N) is 2. The number of alkyl halides is 1. The van der Waals surface area contributed by atoms with E-state index in [4.69, 9.17) is 14.3 Å². The van der Waals surface area contributed by atoms with Gasteiger partial charge in [0.25, 0.3) is 8.53 Å². The number of nitriles is 1. The van der Waals surface area contributed by atoms with Gasteiger partial charge in [0, 0.05) is 17.4 Å². The lowest BCUT2D eigenvalue weighted by Gasteiger charge is -2.35. The second-order valence-corrected chi connectivity index (χ2v) is 6.32. The molecule has 4 nitrogen and oxygen atoms in total. The van der Waals surface area contributed by atoms with Crippen LogP contribution in [0, 0.1) is 11.3 Å². The molecule has 1 atom stereocenters. The lowest BCUT2D eigenvalue weighted by atomic mass is 10.3. The Morgan fingerprint density at radius 1 is 1.18 bits per heavy atom. The van der Waals surface area contributed by atoms with Crippen molar-refractivity contribution in [3.8, 4) is 6.07 Å². The highest BCUT2D eigenvalue weighted by Crippen LogP contribution is 2.45. The lowest BCUT2D eigenvalue weighted by molar-refractivity contribution is 0.183. The van der Waals surface area contributed by atoms with E-state index in [1.54, 1.807) is 0 Å². The van der Waals surface area contributed by atoms with Crippen molar-refractivity contribution in [3.05, 3.63) is 0 Å². The van der Waals surface area contributed by atoms with Crippen molar-refractivity contribution in [1.82, 2.24) is 4.67 Å². The molecular formula is C11H22BrN2O2P. The summed E-state index contributed by atoms with van der Waals surface area (Å²) in [5.74, 6) is 0. The van der Waals surface area contributed by atoms with E-state index >= 15 is 0 Å². The molecule has 0 rings (SSSR count). The van der Waals surface area contributed by atoms with Gasteiger partial charge in [0.2, 0.25) is 0 Å². The fraction of sp³-hybridized carbons (Fsp3) is 0.909. The molecule has 0 saturated carbocycles. The molecule has 0 aromatic rings. The van der Waals surface area contributed by atoms with E-state index in [2.05, 4.69) is 54.4 Å². The average Bonchev–Trinajstić information content (AvgIpc) is 2.24. The Kier molecular flexibility index (Phi) is 10.4. The van der Waals surface area contributed by atoms with Crippen LogP contribution in [0.1, 0.15) is 34.1 Å². The van der Waals surface area contributed by atoms with Crippen molar-refractivity contribution in [3.63, 3.8) is 0 Å². The molecule has 0 aromatic carbocycles. The molecule has 17 heavy (non-hydrogen) atoms. The maximum atomic E-state index is 8.53. The van der Waals surface area contributed by atoms with Gasteiger partial charge in [-0.25, -0.2) is 4.67 Å². The van der Waals surface area contributed by atoms with Crippen LogP contribution in [-0.2, 0) is 9.05 Å². The van der Waals surface area contributed by atoms with Gasteiger partial charge >= 0.3 is 0 Å². The molecule has 0 aliphatic carbocycles. The average molecular weight is 325 g/mol. The Hall–Kier alpha value is 0.280. The standard InChI is InChI=1S/C11H22BrN2O2P/c1-10(2)14(11(3)4)17(16-9-6-12)15-8-5-7-13/h10-11H,5-6,8-9H2,1-4H3. The van der Waals surface area contributed by atoms with Crippen molar-refractivity contribution in [2.75, 3.05) is 18.5 Å². The van der Waals surface area contributed by atoms with Crippen LogP contribution in [-0.4, -0.2) is 35.3 Å².